The number of methoxy groups -OCH3 is 1. The molecule has 0 radical (unpaired) electrons. The molecule has 2 rings (SSSR count). The summed E-state index contributed by atoms with van der Waals surface area (Å²) in [6, 6.07) is 8.86. The van der Waals surface area contributed by atoms with Crippen molar-refractivity contribution in [2.45, 2.75) is 13.0 Å². The number of benzene rings is 1. The number of hydrazine groups is 1. The summed E-state index contributed by atoms with van der Waals surface area (Å²) in [7, 11) is 1.59. The molecule has 0 aliphatic carbocycles. The van der Waals surface area contributed by atoms with Crippen LogP contribution in [0.4, 0.5) is 11.6 Å². The Kier molecular flexibility index (Phi) is 5.30. The van der Waals surface area contributed by atoms with Crippen LogP contribution in [0.1, 0.15) is 11.4 Å². The lowest BCUT2D eigenvalue weighted by Crippen LogP contribution is -2.13. The Bertz CT molecular complexity index is 574. The molecule has 0 bridgehead atoms. The van der Waals surface area contributed by atoms with Crippen LogP contribution in [0, 0.1) is 0 Å². The number of hydrogen-bond acceptors (Lipinski definition) is 7. The standard InChI is InChI=1S/C14H19N5O2/c1-21-9-14-17-12(8-13(18-14)19-15)16-7-6-10-2-4-11(20)5-3-10/h2-5,8,20H,6-7,9,15H2,1H3,(H2,16,17,18,19). The van der Waals surface area contributed by atoms with Gasteiger partial charge in [0.05, 0.1) is 0 Å². The number of rotatable bonds is 7. The van der Waals surface area contributed by atoms with Gasteiger partial charge in [0.1, 0.15) is 24.0 Å². The lowest BCUT2D eigenvalue weighted by Gasteiger charge is -2.09. The monoisotopic (exact) mass is 289 g/mol. The lowest BCUT2D eigenvalue weighted by molar-refractivity contribution is 0.178. The van der Waals surface area contributed by atoms with Crippen molar-refractivity contribution in [1.82, 2.24) is 9.97 Å². The quantitative estimate of drug-likeness (QED) is 0.449. The second-order valence-corrected chi connectivity index (χ2v) is 4.48. The van der Waals surface area contributed by atoms with Gasteiger partial charge in [-0.3, -0.25) is 0 Å². The van der Waals surface area contributed by atoms with E-state index < -0.39 is 0 Å². The van der Waals surface area contributed by atoms with Crippen molar-refractivity contribution >= 4 is 11.6 Å². The summed E-state index contributed by atoms with van der Waals surface area (Å²) in [4.78, 5) is 8.51. The molecule has 0 amide bonds. The molecule has 0 saturated heterocycles. The van der Waals surface area contributed by atoms with E-state index in [1.165, 1.54) is 0 Å². The summed E-state index contributed by atoms with van der Waals surface area (Å²) >= 11 is 0. The van der Waals surface area contributed by atoms with Crippen molar-refractivity contribution in [2.24, 2.45) is 5.84 Å². The van der Waals surface area contributed by atoms with Crippen molar-refractivity contribution in [3.63, 3.8) is 0 Å². The molecule has 5 N–H and O–H groups in total. The molecular formula is C14H19N5O2. The topological polar surface area (TPSA) is 105 Å². The maximum Gasteiger partial charge on any atom is 0.158 e. The molecule has 21 heavy (non-hydrogen) atoms. The maximum atomic E-state index is 9.24. The molecule has 7 heteroatoms. The number of hydrogen-bond donors (Lipinski definition) is 4. The minimum Gasteiger partial charge on any atom is -0.508 e. The predicted molar refractivity (Wildman–Crippen MR) is 80.9 cm³/mol. The molecule has 0 unspecified atom stereocenters. The highest BCUT2D eigenvalue weighted by molar-refractivity contribution is 5.46. The van der Waals surface area contributed by atoms with Crippen LogP contribution in [0.15, 0.2) is 30.3 Å². The minimum absolute atomic E-state index is 0.269. The minimum atomic E-state index is 0.269. The number of nitrogens with zero attached hydrogens (tertiary/aromatic N) is 2. The molecule has 1 heterocycles. The van der Waals surface area contributed by atoms with Gasteiger partial charge in [-0.25, -0.2) is 15.8 Å². The summed E-state index contributed by atoms with van der Waals surface area (Å²) in [5, 5.41) is 12.5. The summed E-state index contributed by atoms with van der Waals surface area (Å²) in [6.07, 6.45) is 0.815. The molecule has 0 aliphatic rings. The number of nitrogens with one attached hydrogen (secondary N) is 2. The van der Waals surface area contributed by atoms with Gasteiger partial charge in [0.25, 0.3) is 0 Å². The Morgan fingerprint density at radius 3 is 2.57 bits per heavy atom. The Labute approximate surface area is 123 Å². The zero-order valence-corrected chi connectivity index (χ0v) is 11.8. The van der Waals surface area contributed by atoms with Crippen molar-refractivity contribution < 1.29 is 9.84 Å². The van der Waals surface area contributed by atoms with Crippen LogP contribution < -0.4 is 16.6 Å². The lowest BCUT2D eigenvalue weighted by atomic mass is 10.1. The third kappa shape index (κ3) is 4.59. The molecule has 0 spiro atoms. The third-order valence-electron chi connectivity index (χ3n) is 2.85. The molecule has 7 nitrogen and oxygen atoms in total. The van der Waals surface area contributed by atoms with E-state index >= 15 is 0 Å². The fourth-order valence-corrected chi connectivity index (χ4v) is 1.85. The Morgan fingerprint density at radius 2 is 1.90 bits per heavy atom. The number of anilines is 2. The van der Waals surface area contributed by atoms with Crippen LogP contribution in [0.5, 0.6) is 5.75 Å². The van der Waals surface area contributed by atoms with Crippen LogP contribution >= 0.6 is 0 Å². The van der Waals surface area contributed by atoms with Crippen LogP contribution in [-0.4, -0.2) is 28.7 Å². The van der Waals surface area contributed by atoms with Gasteiger partial charge in [-0.05, 0) is 24.1 Å². The van der Waals surface area contributed by atoms with E-state index in [9.17, 15) is 5.11 Å². The molecule has 1 aromatic heterocycles. The molecular weight excluding hydrogens is 270 g/mol. The predicted octanol–water partition coefficient (Wildman–Crippen LogP) is 1.27. The first-order valence-corrected chi connectivity index (χ1v) is 6.56. The second kappa shape index (κ2) is 7.41. The van der Waals surface area contributed by atoms with Gasteiger partial charge in [0, 0.05) is 19.7 Å². The van der Waals surface area contributed by atoms with Crippen LogP contribution in [0.2, 0.25) is 0 Å². The van der Waals surface area contributed by atoms with Crippen molar-refractivity contribution in [2.75, 3.05) is 24.4 Å². The van der Waals surface area contributed by atoms with Gasteiger partial charge >= 0.3 is 0 Å². The highest BCUT2D eigenvalue weighted by Crippen LogP contribution is 2.13. The number of ether oxygens (including phenoxy) is 1. The molecule has 0 saturated carbocycles. The summed E-state index contributed by atoms with van der Waals surface area (Å²) < 4.78 is 5.02. The summed E-state index contributed by atoms with van der Waals surface area (Å²) in [5.41, 5.74) is 3.63. The summed E-state index contributed by atoms with van der Waals surface area (Å²) in [5.74, 6) is 7.43. The number of nitrogen functional groups attached to an aromatic ring is 1. The van der Waals surface area contributed by atoms with Gasteiger partial charge in [-0.15, -0.1) is 0 Å². The van der Waals surface area contributed by atoms with E-state index in [2.05, 4.69) is 20.7 Å². The van der Waals surface area contributed by atoms with Crippen LogP contribution in [-0.2, 0) is 17.8 Å². The fourth-order valence-electron chi connectivity index (χ4n) is 1.85. The van der Waals surface area contributed by atoms with E-state index in [1.807, 2.05) is 12.1 Å². The first-order valence-electron chi connectivity index (χ1n) is 6.56. The fraction of sp³-hybridized carbons (Fsp3) is 0.286. The van der Waals surface area contributed by atoms with E-state index in [0.29, 0.717) is 30.6 Å². The van der Waals surface area contributed by atoms with E-state index in [0.717, 1.165) is 12.0 Å². The summed E-state index contributed by atoms with van der Waals surface area (Å²) in [6.45, 7) is 1.03. The van der Waals surface area contributed by atoms with Gasteiger partial charge in [-0.2, -0.15) is 0 Å². The molecule has 0 fully saturated rings. The SMILES string of the molecule is COCc1nc(NN)cc(NCCc2ccc(O)cc2)n1. The Morgan fingerprint density at radius 1 is 1.19 bits per heavy atom. The van der Waals surface area contributed by atoms with E-state index in [-0.39, 0.29) is 5.75 Å². The van der Waals surface area contributed by atoms with E-state index in [1.54, 1.807) is 25.3 Å². The third-order valence-corrected chi connectivity index (χ3v) is 2.85. The smallest absolute Gasteiger partial charge is 0.158 e. The normalized spacial score (nSPS) is 10.4. The van der Waals surface area contributed by atoms with Gasteiger partial charge in [0.2, 0.25) is 0 Å². The number of phenols is 1. The Hall–Kier alpha value is -2.38. The number of aromatic hydroxyl groups is 1. The maximum absolute atomic E-state index is 9.24. The van der Waals surface area contributed by atoms with Crippen molar-refractivity contribution in [3.8, 4) is 5.75 Å². The van der Waals surface area contributed by atoms with Gasteiger partial charge < -0.3 is 20.6 Å². The molecule has 2 aromatic rings. The zero-order valence-electron chi connectivity index (χ0n) is 11.8. The largest absolute Gasteiger partial charge is 0.508 e. The van der Waals surface area contributed by atoms with Gasteiger partial charge in [-0.1, -0.05) is 12.1 Å². The first-order chi connectivity index (χ1) is 10.2. The molecule has 1 aromatic carbocycles. The zero-order chi connectivity index (χ0) is 15.1. The second-order valence-electron chi connectivity index (χ2n) is 4.48. The Balaban J connectivity index is 1.95. The highest BCUT2D eigenvalue weighted by Gasteiger charge is 2.04. The van der Waals surface area contributed by atoms with Crippen LogP contribution in [0.25, 0.3) is 0 Å². The number of nitrogens with two attached hydrogens (primary N) is 1. The average molecular weight is 289 g/mol. The molecule has 0 atom stereocenters. The van der Waals surface area contributed by atoms with Gasteiger partial charge in [0.15, 0.2) is 5.82 Å². The van der Waals surface area contributed by atoms with Crippen LogP contribution in [0.3, 0.4) is 0 Å². The van der Waals surface area contributed by atoms with Crippen molar-refractivity contribution in [1.29, 1.82) is 0 Å². The highest BCUT2D eigenvalue weighted by atomic mass is 16.5. The number of phenolic OH excluding ortho intramolecular Hbond substituents is 1. The number of aromatic nitrogens is 2. The molecule has 112 valence electrons. The average Bonchev–Trinajstić information content (AvgIpc) is 2.49. The van der Waals surface area contributed by atoms with Crippen molar-refractivity contribution in [3.05, 3.63) is 41.7 Å². The van der Waals surface area contributed by atoms with E-state index in [4.69, 9.17) is 10.6 Å². The molecule has 0 aliphatic heterocycles. The first kappa shape index (κ1) is 15.0.